The molecule has 0 saturated carbocycles. The van der Waals surface area contributed by atoms with E-state index in [1.54, 1.807) is 6.20 Å². The molecular weight excluding hydrogens is 239 g/mol. The highest BCUT2D eigenvalue weighted by Crippen LogP contribution is 2.29. The molecule has 0 radical (unpaired) electrons. The first-order chi connectivity index (χ1) is 8.55. The highest BCUT2D eigenvalue weighted by atomic mass is 19.4. The first kappa shape index (κ1) is 12.6. The van der Waals surface area contributed by atoms with Crippen molar-refractivity contribution in [3.05, 3.63) is 65.5 Å². The number of alkyl halides is 3. The normalized spacial score (nSPS) is 11.5. The van der Waals surface area contributed by atoms with E-state index in [4.69, 9.17) is 0 Å². The molecule has 0 saturated heterocycles. The summed E-state index contributed by atoms with van der Waals surface area (Å²) in [4.78, 5) is 4.17. The van der Waals surface area contributed by atoms with Gasteiger partial charge in [0.2, 0.25) is 0 Å². The minimum atomic E-state index is -4.26. The first-order valence-corrected chi connectivity index (χ1v) is 5.62. The summed E-state index contributed by atoms with van der Waals surface area (Å²) >= 11 is 0. The summed E-state index contributed by atoms with van der Waals surface area (Å²) in [5, 5.41) is 0. The third-order valence-corrected chi connectivity index (χ3v) is 2.68. The summed E-state index contributed by atoms with van der Waals surface area (Å²) in [6, 6.07) is 10.9. The topological polar surface area (TPSA) is 12.9 Å². The van der Waals surface area contributed by atoms with Crippen LogP contribution in [0.25, 0.3) is 0 Å². The third kappa shape index (κ3) is 3.32. The predicted octanol–water partition coefficient (Wildman–Crippen LogP) is 3.89. The van der Waals surface area contributed by atoms with Crippen molar-refractivity contribution in [2.75, 3.05) is 0 Å². The predicted molar refractivity (Wildman–Crippen MR) is 63.1 cm³/mol. The van der Waals surface area contributed by atoms with Gasteiger partial charge < -0.3 is 0 Å². The van der Waals surface area contributed by atoms with E-state index in [9.17, 15) is 13.2 Å². The fourth-order valence-electron chi connectivity index (χ4n) is 1.68. The molecule has 0 unspecified atom stereocenters. The zero-order valence-corrected chi connectivity index (χ0v) is 9.61. The second kappa shape index (κ2) is 5.21. The monoisotopic (exact) mass is 251 g/mol. The number of nitrogens with zero attached hydrogens (tertiary/aromatic N) is 1. The van der Waals surface area contributed by atoms with Gasteiger partial charge in [-0.05, 0) is 42.7 Å². The fourth-order valence-corrected chi connectivity index (χ4v) is 1.68. The van der Waals surface area contributed by atoms with E-state index in [1.807, 2.05) is 18.2 Å². The maximum Gasteiger partial charge on any atom is 0.416 e. The number of pyridine rings is 1. The molecule has 1 aromatic carbocycles. The van der Waals surface area contributed by atoms with Gasteiger partial charge in [0.15, 0.2) is 0 Å². The van der Waals surface area contributed by atoms with Crippen molar-refractivity contribution in [1.82, 2.24) is 4.98 Å². The highest BCUT2D eigenvalue weighted by Gasteiger charge is 2.29. The van der Waals surface area contributed by atoms with Crippen LogP contribution in [0.5, 0.6) is 0 Å². The second-order valence-corrected chi connectivity index (χ2v) is 4.02. The van der Waals surface area contributed by atoms with Crippen LogP contribution in [0.1, 0.15) is 16.8 Å². The molecule has 0 atom stereocenters. The Bertz CT molecular complexity index is 489. The molecule has 0 bridgehead atoms. The molecule has 1 nitrogen and oxygen atoms in total. The largest absolute Gasteiger partial charge is 0.416 e. The van der Waals surface area contributed by atoms with Crippen molar-refractivity contribution in [2.45, 2.75) is 19.0 Å². The highest BCUT2D eigenvalue weighted by molar-refractivity contribution is 5.25. The van der Waals surface area contributed by atoms with Gasteiger partial charge in [-0.25, -0.2) is 0 Å². The molecule has 94 valence electrons. The molecule has 0 aliphatic rings. The zero-order chi connectivity index (χ0) is 13.0. The summed E-state index contributed by atoms with van der Waals surface area (Å²) in [6.07, 6.45) is -1.14. The summed E-state index contributed by atoms with van der Waals surface area (Å²) < 4.78 is 37.1. The van der Waals surface area contributed by atoms with E-state index < -0.39 is 11.7 Å². The molecule has 0 aliphatic heterocycles. The Hall–Kier alpha value is -1.84. The van der Waals surface area contributed by atoms with E-state index in [-0.39, 0.29) is 0 Å². The van der Waals surface area contributed by atoms with Gasteiger partial charge in [0, 0.05) is 11.9 Å². The lowest BCUT2D eigenvalue weighted by Crippen LogP contribution is -2.04. The Labute approximate surface area is 103 Å². The Morgan fingerprint density at radius 3 is 2.17 bits per heavy atom. The van der Waals surface area contributed by atoms with Crippen molar-refractivity contribution in [2.24, 2.45) is 0 Å². The van der Waals surface area contributed by atoms with Crippen LogP contribution < -0.4 is 0 Å². The maximum absolute atomic E-state index is 12.4. The summed E-state index contributed by atoms with van der Waals surface area (Å²) in [6.45, 7) is 0. The van der Waals surface area contributed by atoms with Gasteiger partial charge >= 0.3 is 6.18 Å². The first-order valence-electron chi connectivity index (χ1n) is 5.62. The second-order valence-electron chi connectivity index (χ2n) is 4.02. The van der Waals surface area contributed by atoms with E-state index >= 15 is 0 Å². The average molecular weight is 251 g/mol. The SMILES string of the molecule is FC(F)(F)c1ccc(CCc2ccccn2)cc1. The van der Waals surface area contributed by atoms with E-state index in [0.29, 0.717) is 6.42 Å². The number of halogens is 3. The molecule has 2 rings (SSSR count). The molecule has 1 heterocycles. The molecule has 0 spiro atoms. The van der Waals surface area contributed by atoms with Gasteiger partial charge in [0.1, 0.15) is 0 Å². The number of rotatable bonds is 3. The summed E-state index contributed by atoms with van der Waals surface area (Å²) in [7, 11) is 0. The summed E-state index contributed by atoms with van der Waals surface area (Å²) in [5.41, 5.74) is 1.22. The Kier molecular flexibility index (Phi) is 3.65. The van der Waals surface area contributed by atoms with Crippen LogP contribution in [0.2, 0.25) is 0 Å². The van der Waals surface area contributed by atoms with Crippen LogP contribution in [0.15, 0.2) is 48.7 Å². The van der Waals surface area contributed by atoms with Crippen LogP contribution in [0.4, 0.5) is 13.2 Å². The standard InChI is InChI=1S/C14H12F3N/c15-14(16,17)12-7-4-11(5-8-12)6-9-13-3-1-2-10-18-13/h1-5,7-8,10H,6,9H2. The Morgan fingerprint density at radius 2 is 1.61 bits per heavy atom. The van der Waals surface area contributed by atoms with Crippen LogP contribution in [-0.2, 0) is 19.0 Å². The van der Waals surface area contributed by atoms with Gasteiger partial charge in [0.25, 0.3) is 0 Å². The van der Waals surface area contributed by atoms with Gasteiger partial charge in [-0.1, -0.05) is 18.2 Å². The zero-order valence-electron chi connectivity index (χ0n) is 9.61. The lowest BCUT2D eigenvalue weighted by Gasteiger charge is -2.07. The van der Waals surface area contributed by atoms with E-state index in [1.165, 1.54) is 12.1 Å². The Balaban J connectivity index is 1.99. The molecule has 0 amide bonds. The summed E-state index contributed by atoms with van der Waals surface area (Å²) in [5.74, 6) is 0. The quantitative estimate of drug-likeness (QED) is 0.806. The van der Waals surface area contributed by atoms with Crippen LogP contribution in [0, 0.1) is 0 Å². The van der Waals surface area contributed by atoms with Crippen molar-refractivity contribution >= 4 is 0 Å². The lowest BCUT2D eigenvalue weighted by molar-refractivity contribution is -0.137. The van der Waals surface area contributed by atoms with Gasteiger partial charge in [-0.2, -0.15) is 13.2 Å². The molecule has 2 aromatic rings. The van der Waals surface area contributed by atoms with Gasteiger partial charge in [-0.15, -0.1) is 0 Å². The van der Waals surface area contributed by atoms with E-state index in [2.05, 4.69) is 4.98 Å². The van der Waals surface area contributed by atoms with Crippen molar-refractivity contribution in [1.29, 1.82) is 0 Å². The smallest absolute Gasteiger partial charge is 0.261 e. The number of aromatic nitrogens is 1. The van der Waals surface area contributed by atoms with E-state index in [0.717, 1.165) is 29.8 Å². The number of benzene rings is 1. The number of aryl methyl sites for hydroxylation is 2. The fraction of sp³-hybridized carbons (Fsp3) is 0.214. The van der Waals surface area contributed by atoms with Crippen molar-refractivity contribution in [3.8, 4) is 0 Å². The number of hydrogen-bond donors (Lipinski definition) is 0. The number of hydrogen-bond acceptors (Lipinski definition) is 1. The molecule has 18 heavy (non-hydrogen) atoms. The third-order valence-electron chi connectivity index (χ3n) is 2.68. The van der Waals surface area contributed by atoms with Crippen molar-refractivity contribution < 1.29 is 13.2 Å². The molecular formula is C14H12F3N. The van der Waals surface area contributed by atoms with Gasteiger partial charge in [-0.3, -0.25) is 4.98 Å². The average Bonchev–Trinajstić information content (AvgIpc) is 2.37. The van der Waals surface area contributed by atoms with Crippen LogP contribution in [-0.4, -0.2) is 4.98 Å². The maximum atomic E-state index is 12.4. The minimum Gasteiger partial charge on any atom is -0.261 e. The molecule has 0 aliphatic carbocycles. The molecule has 0 N–H and O–H groups in total. The minimum absolute atomic E-state index is 0.607. The van der Waals surface area contributed by atoms with Gasteiger partial charge in [0.05, 0.1) is 5.56 Å². The Morgan fingerprint density at radius 1 is 0.889 bits per heavy atom. The van der Waals surface area contributed by atoms with Crippen LogP contribution >= 0.6 is 0 Å². The molecule has 0 fully saturated rings. The molecule has 4 heteroatoms. The molecule has 1 aromatic heterocycles. The van der Waals surface area contributed by atoms with Crippen molar-refractivity contribution in [3.63, 3.8) is 0 Å². The lowest BCUT2D eigenvalue weighted by atomic mass is 10.1. The van der Waals surface area contributed by atoms with Crippen LogP contribution in [0.3, 0.4) is 0 Å².